The second-order valence-electron chi connectivity index (χ2n) is 4.50. The maximum absolute atomic E-state index is 5.96. The lowest BCUT2D eigenvalue weighted by atomic mass is 10.1. The van der Waals surface area contributed by atoms with Gasteiger partial charge in [0.25, 0.3) is 0 Å². The molecule has 1 saturated heterocycles. The number of nitrogens with two attached hydrogens (primary N) is 1. The van der Waals surface area contributed by atoms with E-state index < -0.39 is 0 Å². The number of nitrogens with zero attached hydrogens (tertiary/aromatic N) is 1. The largest absolute Gasteiger partial charge is 0.399 e. The van der Waals surface area contributed by atoms with Crippen molar-refractivity contribution >= 4 is 5.69 Å². The molecule has 0 bridgehead atoms. The molecule has 0 aliphatic carbocycles. The van der Waals surface area contributed by atoms with Crippen LogP contribution < -0.4 is 5.73 Å². The standard InChI is InChI=1S/C13H20N2/c1-11-4-5-13(14)12(10-11)6-9-15-7-2-3-8-15/h4-5,10H,2-3,6-9,14H2,1H3. The minimum atomic E-state index is 0.944. The summed E-state index contributed by atoms with van der Waals surface area (Å²) in [7, 11) is 0. The molecule has 2 N–H and O–H groups in total. The maximum atomic E-state index is 5.96. The van der Waals surface area contributed by atoms with Gasteiger partial charge in [0.15, 0.2) is 0 Å². The summed E-state index contributed by atoms with van der Waals surface area (Å²) < 4.78 is 0. The molecule has 0 amide bonds. The van der Waals surface area contributed by atoms with Crippen LogP contribution in [0.5, 0.6) is 0 Å². The number of hydrogen-bond acceptors (Lipinski definition) is 2. The zero-order chi connectivity index (χ0) is 10.7. The van der Waals surface area contributed by atoms with E-state index in [0.717, 1.165) is 18.7 Å². The van der Waals surface area contributed by atoms with Crippen LogP contribution in [0.4, 0.5) is 5.69 Å². The van der Waals surface area contributed by atoms with E-state index >= 15 is 0 Å². The summed E-state index contributed by atoms with van der Waals surface area (Å²) in [5.41, 5.74) is 9.51. The van der Waals surface area contributed by atoms with Crippen molar-refractivity contribution in [2.75, 3.05) is 25.4 Å². The minimum absolute atomic E-state index is 0.944. The van der Waals surface area contributed by atoms with E-state index in [2.05, 4.69) is 24.0 Å². The van der Waals surface area contributed by atoms with E-state index in [0.29, 0.717) is 0 Å². The zero-order valence-corrected chi connectivity index (χ0v) is 9.50. The molecular formula is C13H20N2. The number of anilines is 1. The quantitative estimate of drug-likeness (QED) is 0.765. The third kappa shape index (κ3) is 2.72. The minimum Gasteiger partial charge on any atom is -0.399 e. The first-order valence-electron chi connectivity index (χ1n) is 5.83. The normalized spacial score (nSPS) is 17.1. The predicted molar refractivity (Wildman–Crippen MR) is 65.0 cm³/mol. The molecule has 82 valence electrons. The summed E-state index contributed by atoms with van der Waals surface area (Å²) in [6.07, 6.45) is 3.82. The summed E-state index contributed by atoms with van der Waals surface area (Å²) in [5.74, 6) is 0. The lowest BCUT2D eigenvalue weighted by Gasteiger charge is -2.15. The number of nitrogen functional groups attached to an aromatic ring is 1. The van der Waals surface area contributed by atoms with Crippen LogP contribution in [0.25, 0.3) is 0 Å². The van der Waals surface area contributed by atoms with Crippen LogP contribution in [0.3, 0.4) is 0 Å². The van der Waals surface area contributed by atoms with Gasteiger partial charge in [0.1, 0.15) is 0 Å². The molecule has 1 aromatic carbocycles. The summed E-state index contributed by atoms with van der Waals surface area (Å²) >= 11 is 0. The SMILES string of the molecule is Cc1ccc(N)c(CCN2CCCC2)c1. The van der Waals surface area contributed by atoms with Crippen LogP contribution in [0, 0.1) is 6.92 Å². The summed E-state index contributed by atoms with van der Waals surface area (Å²) in [6, 6.07) is 6.31. The van der Waals surface area contributed by atoms with Gasteiger partial charge in [-0.1, -0.05) is 17.7 Å². The van der Waals surface area contributed by atoms with Crippen molar-refractivity contribution in [3.05, 3.63) is 29.3 Å². The fraction of sp³-hybridized carbons (Fsp3) is 0.538. The number of benzene rings is 1. The second kappa shape index (κ2) is 4.67. The van der Waals surface area contributed by atoms with Gasteiger partial charge >= 0.3 is 0 Å². The Kier molecular flexibility index (Phi) is 3.27. The van der Waals surface area contributed by atoms with Gasteiger partial charge in [0.05, 0.1) is 0 Å². The molecule has 0 unspecified atom stereocenters. The molecule has 15 heavy (non-hydrogen) atoms. The van der Waals surface area contributed by atoms with Crippen LogP contribution in [-0.4, -0.2) is 24.5 Å². The molecule has 1 fully saturated rings. The molecule has 2 heteroatoms. The monoisotopic (exact) mass is 204 g/mol. The predicted octanol–water partition coefficient (Wildman–Crippen LogP) is 2.22. The van der Waals surface area contributed by atoms with Gasteiger partial charge in [-0.25, -0.2) is 0 Å². The van der Waals surface area contributed by atoms with Crippen LogP contribution >= 0.6 is 0 Å². The summed E-state index contributed by atoms with van der Waals surface area (Å²) in [4.78, 5) is 2.53. The van der Waals surface area contributed by atoms with Crippen LogP contribution in [-0.2, 0) is 6.42 Å². The highest BCUT2D eigenvalue weighted by Gasteiger charge is 2.11. The smallest absolute Gasteiger partial charge is 0.0347 e. The average Bonchev–Trinajstić information content (AvgIpc) is 2.72. The van der Waals surface area contributed by atoms with Crippen molar-refractivity contribution < 1.29 is 0 Å². The molecule has 0 saturated carbocycles. The van der Waals surface area contributed by atoms with E-state index in [1.165, 1.54) is 37.1 Å². The van der Waals surface area contributed by atoms with Crippen molar-refractivity contribution in [2.45, 2.75) is 26.2 Å². The van der Waals surface area contributed by atoms with Crippen molar-refractivity contribution in [3.8, 4) is 0 Å². The third-order valence-electron chi connectivity index (χ3n) is 3.19. The fourth-order valence-corrected chi connectivity index (χ4v) is 2.24. The highest BCUT2D eigenvalue weighted by atomic mass is 15.1. The molecule has 2 nitrogen and oxygen atoms in total. The molecule has 1 aliphatic heterocycles. The Morgan fingerprint density at radius 2 is 2.00 bits per heavy atom. The van der Waals surface area contributed by atoms with Gasteiger partial charge in [-0.2, -0.15) is 0 Å². The van der Waals surface area contributed by atoms with Crippen molar-refractivity contribution in [3.63, 3.8) is 0 Å². The van der Waals surface area contributed by atoms with Gasteiger partial charge < -0.3 is 10.6 Å². The first-order valence-corrected chi connectivity index (χ1v) is 5.83. The first-order chi connectivity index (χ1) is 7.25. The Morgan fingerprint density at radius 1 is 1.27 bits per heavy atom. The molecule has 0 spiro atoms. The Balaban J connectivity index is 1.94. The molecule has 1 aliphatic rings. The highest BCUT2D eigenvalue weighted by Crippen LogP contribution is 2.16. The fourth-order valence-electron chi connectivity index (χ4n) is 2.24. The lowest BCUT2D eigenvalue weighted by molar-refractivity contribution is 0.343. The van der Waals surface area contributed by atoms with Crippen molar-refractivity contribution in [1.29, 1.82) is 0 Å². The number of likely N-dealkylation sites (tertiary alicyclic amines) is 1. The van der Waals surface area contributed by atoms with Crippen LogP contribution in [0.2, 0.25) is 0 Å². The summed E-state index contributed by atoms with van der Waals surface area (Å²) in [5, 5.41) is 0. The molecule has 0 atom stereocenters. The molecule has 1 aromatic rings. The van der Waals surface area contributed by atoms with E-state index in [9.17, 15) is 0 Å². The van der Waals surface area contributed by atoms with E-state index in [1.807, 2.05) is 6.07 Å². The first kappa shape index (κ1) is 10.5. The van der Waals surface area contributed by atoms with Crippen molar-refractivity contribution in [1.82, 2.24) is 4.90 Å². The van der Waals surface area contributed by atoms with Crippen LogP contribution in [0.1, 0.15) is 24.0 Å². The second-order valence-corrected chi connectivity index (χ2v) is 4.50. The maximum Gasteiger partial charge on any atom is 0.0347 e. The number of rotatable bonds is 3. The van der Waals surface area contributed by atoms with Gasteiger partial charge in [-0.05, 0) is 50.9 Å². The van der Waals surface area contributed by atoms with Gasteiger partial charge in [-0.15, -0.1) is 0 Å². The lowest BCUT2D eigenvalue weighted by Crippen LogP contribution is -2.22. The molecule has 0 aromatic heterocycles. The van der Waals surface area contributed by atoms with Gasteiger partial charge in [-0.3, -0.25) is 0 Å². The molecule has 0 radical (unpaired) electrons. The topological polar surface area (TPSA) is 29.3 Å². The van der Waals surface area contributed by atoms with E-state index in [1.54, 1.807) is 0 Å². The van der Waals surface area contributed by atoms with E-state index in [-0.39, 0.29) is 0 Å². The Hall–Kier alpha value is -1.02. The molecule has 2 rings (SSSR count). The highest BCUT2D eigenvalue weighted by molar-refractivity contribution is 5.48. The summed E-state index contributed by atoms with van der Waals surface area (Å²) in [6.45, 7) is 5.82. The third-order valence-corrected chi connectivity index (χ3v) is 3.19. The Labute approximate surface area is 92.1 Å². The van der Waals surface area contributed by atoms with Gasteiger partial charge in [0.2, 0.25) is 0 Å². The number of aryl methyl sites for hydroxylation is 1. The Morgan fingerprint density at radius 3 is 2.73 bits per heavy atom. The van der Waals surface area contributed by atoms with Crippen molar-refractivity contribution in [2.24, 2.45) is 0 Å². The average molecular weight is 204 g/mol. The molecule has 1 heterocycles. The van der Waals surface area contributed by atoms with Crippen LogP contribution in [0.15, 0.2) is 18.2 Å². The number of hydrogen-bond donors (Lipinski definition) is 1. The zero-order valence-electron chi connectivity index (χ0n) is 9.50. The van der Waals surface area contributed by atoms with Gasteiger partial charge in [0, 0.05) is 12.2 Å². The Bertz CT molecular complexity index is 327. The molecular weight excluding hydrogens is 184 g/mol. The van der Waals surface area contributed by atoms with E-state index in [4.69, 9.17) is 5.73 Å².